The predicted octanol–water partition coefficient (Wildman–Crippen LogP) is 4.07. The molecule has 20 heavy (non-hydrogen) atoms. The summed E-state index contributed by atoms with van der Waals surface area (Å²) in [5.41, 5.74) is 1.43. The summed E-state index contributed by atoms with van der Waals surface area (Å²) in [6, 6.07) is 3.51. The van der Waals surface area contributed by atoms with E-state index in [-0.39, 0.29) is 0 Å². The molecule has 0 aliphatic rings. The van der Waals surface area contributed by atoms with Crippen molar-refractivity contribution in [1.82, 2.24) is 4.98 Å². The van der Waals surface area contributed by atoms with E-state index >= 15 is 0 Å². The molecule has 0 saturated carbocycles. The Bertz CT molecular complexity index is 612. The summed E-state index contributed by atoms with van der Waals surface area (Å²) in [6.07, 6.45) is 0.727. The average Bonchev–Trinajstić information content (AvgIpc) is 2.91. The molecule has 0 amide bonds. The number of benzene rings is 1. The minimum atomic E-state index is 0.424. The Kier molecular flexibility index (Phi) is 4.98. The third-order valence-electron chi connectivity index (χ3n) is 2.53. The van der Waals surface area contributed by atoms with Gasteiger partial charge in [-0.25, -0.2) is 4.98 Å². The number of hydrogen-bond donors (Lipinski definition) is 0. The van der Waals surface area contributed by atoms with Crippen molar-refractivity contribution in [2.45, 2.75) is 13.8 Å². The molecule has 0 N–H and O–H groups in total. The van der Waals surface area contributed by atoms with Crippen LogP contribution >= 0.6 is 22.9 Å². The summed E-state index contributed by atoms with van der Waals surface area (Å²) in [6.45, 7) is 4.83. The zero-order valence-corrected chi connectivity index (χ0v) is 12.8. The largest absolute Gasteiger partial charge is 0.493 e. The molecule has 1 aromatic heterocycles. The van der Waals surface area contributed by atoms with E-state index < -0.39 is 0 Å². The number of hydrogen-bond acceptors (Lipinski definition) is 5. The van der Waals surface area contributed by atoms with Gasteiger partial charge in [0.05, 0.1) is 23.9 Å². The molecule has 0 radical (unpaired) electrons. The van der Waals surface area contributed by atoms with E-state index in [1.54, 1.807) is 17.5 Å². The lowest BCUT2D eigenvalue weighted by molar-refractivity contribution is 0.112. The molecule has 4 nitrogen and oxygen atoms in total. The highest BCUT2D eigenvalue weighted by Crippen LogP contribution is 2.38. The molecule has 1 aromatic carbocycles. The molecule has 0 aliphatic heterocycles. The average molecular weight is 312 g/mol. The van der Waals surface area contributed by atoms with E-state index in [1.807, 2.05) is 13.8 Å². The highest BCUT2D eigenvalue weighted by Gasteiger charge is 2.15. The second kappa shape index (κ2) is 6.72. The molecular formula is C14H14ClNO3S. The van der Waals surface area contributed by atoms with Gasteiger partial charge in [0.15, 0.2) is 11.3 Å². The first-order valence-corrected chi connectivity index (χ1v) is 7.45. The van der Waals surface area contributed by atoms with Crippen molar-refractivity contribution in [3.8, 4) is 22.8 Å². The van der Waals surface area contributed by atoms with Crippen LogP contribution in [0, 0.1) is 0 Å². The van der Waals surface area contributed by atoms with Crippen LogP contribution in [-0.2, 0) is 0 Å². The zero-order chi connectivity index (χ0) is 14.5. The van der Waals surface area contributed by atoms with Gasteiger partial charge in [0, 0.05) is 17.0 Å². The quantitative estimate of drug-likeness (QED) is 0.754. The summed E-state index contributed by atoms with van der Waals surface area (Å²) in [5, 5.41) is 2.72. The van der Waals surface area contributed by atoms with Crippen molar-refractivity contribution in [2.75, 3.05) is 13.2 Å². The first-order chi connectivity index (χ1) is 9.69. The number of ether oxygens (including phenoxy) is 2. The maximum atomic E-state index is 10.7. The number of carbonyl (C=O) groups is 1. The third kappa shape index (κ3) is 3.11. The summed E-state index contributed by atoms with van der Waals surface area (Å²) in [4.78, 5) is 15.0. The van der Waals surface area contributed by atoms with Crippen molar-refractivity contribution in [1.29, 1.82) is 0 Å². The van der Waals surface area contributed by atoms with E-state index in [0.717, 1.165) is 11.8 Å². The van der Waals surface area contributed by atoms with Gasteiger partial charge in [-0.05, 0) is 19.9 Å². The summed E-state index contributed by atoms with van der Waals surface area (Å²) >= 11 is 7.48. The highest BCUT2D eigenvalue weighted by atomic mass is 35.5. The Hall–Kier alpha value is -1.59. The van der Waals surface area contributed by atoms with Crippen molar-refractivity contribution in [3.63, 3.8) is 0 Å². The number of aldehydes is 1. The lowest BCUT2D eigenvalue weighted by atomic mass is 10.1. The topological polar surface area (TPSA) is 48.4 Å². The predicted molar refractivity (Wildman–Crippen MR) is 80.3 cm³/mol. The van der Waals surface area contributed by atoms with Crippen molar-refractivity contribution in [3.05, 3.63) is 27.5 Å². The monoisotopic (exact) mass is 311 g/mol. The summed E-state index contributed by atoms with van der Waals surface area (Å²) in [5.74, 6) is 1.22. The fourth-order valence-corrected chi connectivity index (χ4v) is 2.58. The molecule has 0 saturated heterocycles. The second-order valence-corrected chi connectivity index (χ2v) is 5.13. The van der Waals surface area contributed by atoms with E-state index in [2.05, 4.69) is 4.98 Å². The van der Waals surface area contributed by atoms with Crippen LogP contribution in [0.15, 0.2) is 17.5 Å². The van der Waals surface area contributed by atoms with Crippen molar-refractivity contribution < 1.29 is 14.3 Å². The number of thiazole rings is 1. The second-order valence-electron chi connectivity index (χ2n) is 3.83. The Morgan fingerprint density at radius 2 is 1.95 bits per heavy atom. The number of halogens is 1. The maximum absolute atomic E-state index is 10.7. The lowest BCUT2D eigenvalue weighted by Crippen LogP contribution is -1.98. The SMILES string of the molecule is CCOc1cc(OCC)c(-c2csc(C=O)n2)cc1Cl. The Morgan fingerprint density at radius 3 is 2.55 bits per heavy atom. The maximum Gasteiger partial charge on any atom is 0.178 e. The van der Waals surface area contributed by atoms with Gasteiger partial charge in [0.1, 0.15) is 11.5 Å². The Balaban J connectivity index is 2.49. The van der Waals surface area contributed by atoms with Crippen LogP contribution in [0.25, 0.3) is 11.3 Å². The van der Waals surface area contributed by atoms with Gasteiger partial charge in [0.2, 0.25) is 0 Å². The number of rotatable bonds is 6. The molecule has 106 valence electrons. The standard InChI is InChI=1S/C14H14ClNO3S/c1-3-18-12-6-13(19-4-2)10(15)5-9(12)11-8-20-14(7-17)16-11/h5-8H,3-4H2,1-2H3. The summed E-state index contributed by atoms with van der Waals surface area (Å²) in [7, 11) is 0. The molecule has 0 bridgehead atoms. The van der Waals surface area contributed by atoms with Gasteiger partial charge in [-0.2, -0.15) is 0 Å². The molecule has 6 heteroatoms. The van der Waals surface area contributed by atoms with Crippen LogP contribution in [0.2, 0.25) is 5.02 Å². The minimum absolute atomic E-state index is 0.424. The highest BCUT2D eigenvalue weighted by molar-refractivity contribution is 7.11. The number of aromatic nitrogens is 1. The Labute approximate surface area is 126 Å². The summed E-state index contributed by atoms with van der Waals surface area (Å²) < 4.78 is 11.1. The van der Waals surface area contributed by atoms with Crippen LogP contribution in [0.1, 0.15) is 23.6 Å². The zero-order valence-electron chi connectivity index (χ0n) is 11.2. The van der Waals surface area contributed by atoms with Crippen LogP contribution in [0.5, 0.6) is 11.5 Å². The van der Waals surface area contributed by atoms with Gasteiger partial charge in [-0.1, -0.05) is 11.6 Å². The smallest absolute Gasteiger partial charge is 0.178 e. The molecule has 0 unspecified atom stereocenters. The van der Waals surface area contributed by atoms with Crippen LogP contribution in [-0.4, -0.2) is 24.5 Å². The fourth-order valence-electron chi connectivity index (χ4n) is 1.74. The van der Waals surface area contributed by atoms with Crippen LogP contribution in [0.3, 0.4) is 0 Å². The van der Waals surface area contributed by atoms with Gasteiger partial charge >= 0.3 is 0 Å². The first-order valence-electron chi connectivity index (χ1n) is 6.19. The van der Waals surface area contributed by atoms with Gasteiger partial charge in [-0.15, -0.1) is 11.3 Å². The minimum Gasteiger partial charge on any atom is -0.493 e. The molecule has 0 fully saturated rings. The molecule has 0 spiro atoms. The van der Waals surface area contributed by atoms with Crippen LogP contribution in [0.4, 0.5) is 0 Å². The van der Waals surface area contributed by atoms with E-state index in [0.29, 0.717) is 40.4 Å². The third-order valence-corrected chi connectivity index (χ3v) is 3.60. The van der Waals surface area contributed by atoms with E-state index in [1.165, 1.54) is 11.3 Å². The molecule has 0 atom stereocenters. The van der Waals surface area contributed by atoms with Gasteiger partial charge < -0.3 is 9.47 Å². The van der Waals surface area contributed by atoms with E-state index in [4.69, 9.17) is 21.1 Å². The fraction of sp³-hybridized carbons (Fsp3) is 0.286. The van der Waals surface area contributed by atoms with E-state index in [9.17, 15) is 4.79 Å². The van der Waals surface area contributed by atoms with Crippen molar-refractivity contribution >= 4 is 29.2 Å². The van der Waals surface area contributed by atoms with Gasteiger partial charge in [0.25, 0.3) is 0 Å². The molecule has 2 aromatic rings. The van der Waals surface area contributed by atoms with Gasteiger partial charge in [-0.3, -0.25) is 4.79 Å². The normalized spacial score (nSPS) is 10.3. The molecule has 2 rings (SSSR count). The Morgan fingerprint density at radius 1 is 1.25 bits per heavy atom. The van der Waals surface area contributed by atoms with Crippen molar-refractivity contribution in [2.24, 2.45) is 0 Å². The first kappa shape index (κ1) is 14.8. The molecule has 0 aliphatic carbocycles. The lowest BCUT2D eigenvalue weighted by Gasteiger charge is -2.13. The molecule has 1 heterocycles. The number of nitrogens with zero attached hydrogens (tertiary/aromatic N) is 1. The number of carbonyl (C=O) groups excluding carboxylic acids is 1. The molecular weight excluding hydrogens is 298 g/mol. The van der Waals surface area contributed by atoms with Crippen LogP contribution < -0.4 is 9.47 Å².